The SMILES string of the molecule is O=C(Nc1cccc(CN2CCCC2=O)c1)C1CCCN1C(=O)C12CC3CC(CC(C3)C1)C2. The van der Waals surface area contributed by atoms with Crippen LogP contribution < -0.4 is 5.32 Å². The first kappa shape index (κ1) is 21.2. The lowest BCUT2D eigenvalue weighted by Crippen LogP contribution is -2.56. The predicted octanol–water partition coefficient (Wildman–Crippen LogP) is 3.95. The minimum Gasteiger partial charge on any atom is -0.338 e. The molecule has 4 saturated carbocycles. The zero-order chi connectivity index (χ0) is 22.6. The van der Waals surface area contributed by atoms with E-state index in [0.717, 1.165) is 74.1 Å². The van der Waals surface area contributed by atoms with Gasteiger partial charge in [-0.25, -0.2) is 0 Å². The van der Waals surface area contributed by atoms with Crippen molar-refractivity contribution >= 4 is 23.4 Å². The van der Waals surface area contributed by atoms with Crippen molar-refractivity contribution in [3.05, 3.63) is 29.8 Å². The van der Waals surface area contributed by atoms with Gasteiger partial charge in [0.1, 0.15) is 6.04 Å². The molecule has 1 N–H and O–H groups in total. The fourth-order valence-electron chi connectivity index (χ4n) is 8.02. The number of nitrogens with zero attached hydrogens (tertiary/aromatic N) is 2. The smallest absolute Gasteiger partial charge is 0.247 e. The molecular weight excluding hydrogens is 414 g/mol. The Kier molecular flexibility index (Phi) is 5.22. The molecule has 6 heteroatoms. The van der Waals surface area contributed by atoms with E-state index >= 15 is 0 Å². The number of anilines is 1. The largest absolute Gasteiger partial charge is 0.338 e. The standard InChI is InChI=1S/C27H35N3O3/c31-24-7-3-8-29(24)17-18-4-1-5-22(13-18)28-25(32)23-6-2-9-30(23)26(33)27-14-19-10-20(15-27)12-21(11-19)16-27/h1,4-5,13,19-21,23H,2-3,6-12,14-17H2,(H,28,32). The fraction of sp³-hybridized carbons (Fsp3) is 0.667. The molecule has 176 valence electrons. The number of carbonyl (C=O) groups excluding carboxylic acids is 3. The summed E-state index contributed by atoms with van der Waals surface area (Å²) >= 11 is 0. The van der Waals surface area contributed by atoms with Crippen LogP contribution in [-0.2, 0) is 20.9 Å². The van der Waals surface area contributed by atoms with Crippen LogP contribution in [0.1, 0.15) is 69.8 Å². The minimum absolute atomic E-state index is 0.0695. The second-order valence-electron chi connectivity index (χ2n) is 11.5. The summed E-state index contributed by atoms with van der Waals surface area (Å²) in [5, 5.41) is 3.08. The van der Waals surface area contributed by atoms with Crippen LogP contribution in [0.2, 0.25) is 0 Å². The molecule has 6 fully saturated rings. The molecule has 0 spiro atoms. The Bertz CT molecular complexity index is 938. The third-order valence-corrected chi connectivity index (χ3v) is 9.05. The second-order valence-corrected chi connectivity index (χ2v) is 11.5. The van der Waals surface area contributed by atoms with E-state index in [-0.39, 0.29) is 29.2 Å². The van der Waals surface area contributed by atoms with Gasteiger partial charge in [0, 0.05) is 31.7 Å². The van der Waals surface area contributed by atoms with Crippen LogP contribution in [0.3, 0.4) is 0 Å². The van der Waals surface area contributed by atoms with Crippen LogP contribution in [0.5, 0.6) is 0 Å². The lowest BCUT2D eigenvalue weighted by atomic mass is 9.49. The Morgan fingerprint density at radius 1 is 1.00 bits per heavy atom. The van der Waals surface area contributed by atoms with Gasteiger partial charge in [0.05, 0.1) is 5.41 Å². The summed E-state index contributed by atoms with van der Waals surface area (Å²) in [5.74, 6) is 2.57. The number of amides is 3. The van der Waals surface area contributed by atoms with Gasteiger partial charge in [-0.1, -0.05) is 12.1 Å². The molecule has 6 nitrogen and oxygen atoms in total. The zero-order valence-corrected chi connectivity index (χ0v) is 19.4. The maximum absolute atomic E-state index is 13.9. The third kappa shape index (κ3) is 3.85. The molecule has 0 radical (unpaired) electrons. The van der Waals surface area contributed by atoms with E-state index in [0.29, 0.717) is 19.5 Å². The van der Waals surface area contributed by atoms with Crippen molar-refractivity contribution in [2.45, 2.75) is 76.8 Å². The highest BCUT2D eigenvalue weighted by molar-refractivity contribution is 5.98. The molecule has 4 bridgehead atoms. The second kappa shape index (κ2) is 8.14. The number of benzene rings is 1. The number of nitrogens with one attached hydrogen (secondary N) is 1. The molecule has 0 aromatic heterocycles. The van der Waals surface area contributed by atoms with Gasteiger partial charge in [0.15, 0.2) is 0 Å². The van der Waals surface area contributed by atoms with Crippen LogP contribution in [0, 0.1) is 23.2 Å². The Balaban J connectivity index is 1.14. The van der Waals surface area contributed by atoms with Crippen LogP contribution in [0.4, 0.5) is 5.69 Å². The molecule has 2 saturated heterocycles. The Labute approximate surface area is 196 Å². The van der Waals surface area contributed by atoms with Gasteiger partial charge in [-0.3, -0.25) is 14.4 Å². The molecule has 1 aromatic rings. The summed E-state index contributed by atoms with van der Waals surface area (Å²) in [6, 6.07) is 7.42. The first-order valence-corrected chi connectivity index (χ1v) is 13.0. The summed E-state index contributed by atoms with van der Waals surface area (Å²) in [6.07, 6.45) is 10.3. The van der Waals surface area contributed by atoms with Crippen molar-refractivity contribution in [3.63, 3.8) is 0 Å². The van der Waals surface area contributed by atoms with Gasteiger partial charge in [-0.2, -0.15) is 0 Å². The maximum Gasteiger partial charge on any atom is 0.247 e. The van der Waals surface area contributed by atoms with E-state index in [2.05, 4.69) is 5.32 Å². The van der Waals surface area contributed by atoms with Gasteiger partial charge in [-0.15, -0.1) is 0 Å². The summed E-state index contributed by atoms with van der Waals surface area (Å²) in [4.78, 5) is 42.9. The number of carbonyl (C=O) groups is 3. The van der Waals surface area contributed by atoms with Crippen molar-refractivity contribution in [1.29, 1.82) is 0 Å². The van der Waals surface area contributed by atoms with Crippen molar-refractivity contribution in [3.8, 4) is 0 Å². The quantitative estimate of drug-likeness (QED) is 0.740. The molecule has 1 aromatic carbocycles. The summed E-state index contributed by atoms with van der Waals surface area (Å²) in [7, 11) is 0. The van der Waals surface area contributed by atoms with Gasteiger partial charge >= 0.3 is 0 Å². The van der Waals surface area contributed by atoms with Gasteiger partial charge in [-0.05, 0) is 93.2 Å². The van der Waals surface area contributed by atoms with Crippen LogP contribution in [-0.4, -0.2) is 46.7 Å². The Hall–Kier alpha value is -2.37. The fourth-order valence-corrected chi connectivity index (χ4v) is 8.02. The number of rotatable bonds is 5. The van der Waals surface area contributed by atoms with Crippen LogP contribution >= 0.6 is 0 Å². The zero-order valence-electron chi connectivity index (χ0n) is 19.4. The summed E-state index contributed by atoms with van der Waals surface area (Å²) in [6.45, 7) is 2.09. The maximum atomic E-state index is 13.9. The van der Waals surface area contributed by atoms with E-state index in [1.54, 1.807) is 0 Å². The van der Waals surface area contributed by atoms with Gasteiger partial charge in [0.2, 0.25) is 17.7 Å². The Morgan fingerprint density at radius 3 is 2.39 bits per heavy atom. The molecular formula is C27H35N3O3. The third-order valence-electron chi connectivity index (χ3n) is 9.05. The first-order valence-electron chi connectivity index (χ1n) is 13.0. The van der Waals surface area contributed by atoms with E-state index in [9.17, 15) is 14.4 Å². The normalized spacial score (nSPS) is 34.8. The van der Waals surface area contributed by atoms with Crippen molar-refractivity contribution < 1.29 is 14.4 Å². The molecule has 1 unspecified atom stereocenters. The van der Waals surface area contributed by atoms with E-state index in [1.165, 1.54) is 19.3 Å². The van der Waals surface area contributed by atoms with Crippen molar-refractivity contribution in [2.24, 2.45) is 23.2 Å². The molecule has 7 rings (SSSR count). The van der Waals surface area contributed by atoms with E-state index in [1.807, 2.05) is 34.1 Å². The number of hydrogen-bond donors (Lipinski definition) is 1. The highest BCUT2D eigenvalue weighted by Crippen LogP contribution is 2.60. The predicted molar refractivity (Wildman–Crippen MR) is 125 cm³/mol. The first-order chi connectivity index (χ1) is 16.0. The highest BCUT2D eigenvalue weighted by atomic mass is 16.2. The Morgan fingerprint density at radius 2 is 1.73 bits per heavy atom. The van der Waals surface area contributed by atoms with Crippen molar-refractivity contribution in [2.75, 3.05) is 18.4 Å². The molecule has 2 aliphatic heterocycles. The van der Waals surface area contributed by atoms with Crippen LogP contribution in [0.25, 0.3) is 0 Å². The number of hydrogen-bond acceptors (Lipinski definition) is 3. The topological polar surface area (TPSA) is 69.7 Å². The molecule has 2 heterocycles. The molecule has 33 heavy (non-hydrogen) atoms. The monoisotopic (exact) mass is 449 g/mol. The lowest BCUT2D eigenvalue weighted by Gasteiger charge is -2.56. The minimum atomic E-state index is -0.366. The number of likely N-dealkylation sites (tertiary alicyclic amines) is 2. The van der Waals surface area contributed by atoms with Gasteiger partial charge in [0.25, 0.3) is 0 Å². The van der Waals surface area contributed by atoms with Gasteiger partial charge < -0.3 is 15.1 Å². The summed E-state index contributed by atoms with van der Waals surface area (Å²) in [5.41, 5.74) is 1.58. The summed E-state index contributed by atoms with van der Waals surface area (Å²) < 4.78 is 0. The van der Waals surface area contributed by atoms with E-state index < -0.39 is 0 Å². The van der Waals surface area contributed by atoms with Crippen LogP contribution in [0.15, 0.2) is 24.3 Å². The molecule has 1 atom stereocenters. The lowest BCUT2D eigenvalue weighted by molar-refractivity contribution is -0.160. The molecule has 4 aliphatic carbocycles. The average molecular weight is 450 g/mol. The average Bonchev–Trinajstić information content (AvgIpc) is 3.42. The molecule has 6 aliphatic rings. The molecule has 3 amide bonds. The van der Waals surface area contributed by atoms with E-state index in [4.69, 9.17) is 0 Å². The highest BCUT2D eigenvalue weighted by Gasteiger charge is 2.56. The van der Waals surface area contributed by atoms with Crippen molar-refractivity contribution in [1.82, 2.24) is 9.80 Å².